The van der Waals surface area contributed by atoms with E-state index >= 15 is 0 Å². The second-order valence-electron chi connectivity index (χ2n) is 5.72. The summed E-state index contributed by atoms with van der Waals surface area (Å²) in [5.74, 6) is -2.09. The standard InChI is InChI=1S/C16H20N2O6/c19-15(20)12-9-13(11-14(10-12)18(22)23)16(21)24-8-4-7-17-5-2-1-3-6-17/h9-11H,1-8H2,(H,19,20). The number of nitrogens with zero attached hydrogens (tertiary/aromatic N) is 2. The van der Waals surface area contributed by atoms with Crippen molar-refractivity contribution in [2.45, 2.75) is 25.7 Å². The molecule has 8 nitrogen and oxygen atoms in total. The summed E-state index contributed by atoms with van der Waals surface area (Å²) >= 11 is 0. The molecule has 2 rings (SSSR count). The van der Waals surface area contributed by atoms with Gasteiger partial charge in [-0.3, -0.25) is 10.1 Å². The van der Waals surface area contributed by atoms with Gasteiger partial charge in [0.2, 0.25) is 0 Å². The molecule has 1 aromatic carbocycles. The lowest BCUT2D eigenvalue weighted by Crippen LogP contribution is -2.31. The van der Waals surface area contributed by atoms with Crippen molar-refractivity contribution in [1.82, 2.24) is 4.90 Å². The first kappa shape index (κ1) is 17.9. The number of non-ortho nitro benzene ring substituents is 1. The summed E-state index contributed by atoms with van der Waals surface area (Å²) in [7, 11) is 0. The van der Waals surface area contributed by atoms with Crippen LogP contribution in [0.2, 0.25) is 0 Å². The number of hydrogen-bond acceptors (Lipinski definition) is 6. The first-order valence-electron chi connectivity index (χ1n) is 7.89. The van der Waals surface area contributed by atoms with Crippen LogP contribution in [0, 0.1) is 10.1 Å². The largest absolute Gasteiger partial charge is 0.478 e. The lowest BCUT2D eigenvalue weighted by molar-refractivity contribution is -0.384. The third kappa shape index (κ3) is 5.02. The first-order chi connectivity index (χ1) is 11.5. The summed E-state index contributed by atoms with van der Waals surface area (Å²) in [4.78, 5) is 35.4. The lowest BCUT2D eigenvalue weighted by atomic mass is 10.1. The van der Waals surface area contributed by atoms with Crippen LogP contribution in [0.25, 0.3) is 0 Å². The van der Waals surface area contributed by atoms with Gasteiger partial charge in [-0.2, -0.15) is 0 Å². The van der Waals surface area contributed by atoms with E-state index in [9.17, 15) is 19.7 Å². The fourth-order valence-electron chi connectivity index (χ4n) is 2.68. The highest BCUT2D eigenvalue weighted by molar-refractivity contribution is 5.95. The molecule has 0 atom stereocenters. The summed E-state index contributed by atoms with van der Waals surface area (Å²) in [5, 5.41) is 19.8. The normalized spacial score (nSPS) is 15.0. The molecule has 0 aromatic heterocycles. The Kier molecular flexibility index (Phi) is 6.25. The van der Waals surface area contributed by atoms with Gasteiger partial charge in [-0.25, -0.2) is 9.59 Å². The van der Waals surface area contributed by atoms with Crippen LogP contribution < -0.4 is 0 Å². The number of nitro groups is 1. The maximum atomic E-state index is 12.0. The quantitative estimate of drug-likeness (QED) is 0.352. The van der Waals surface area contributed by atoms with Crippen LogP contribution >= 0.6 is 0 Å². The minimum absolute atomic E-state index is 0.125. The fraction of sp³-hybridized carbons (Fsp3) is 0.500. The highest BCUT2D eigenvalue weighted by atomic mass is 16.6. The molecule has 1 N–H and O–H groups in total. The number of esters is 1. The molecule has 0 bridgehead atoms. The van der Waals surface area contributed by atoms with E-state index in [-0.39, 0.29) is 17.7 Å². The highest BCUT2D eigenvalue weighted by Crippen LogP contribution is 2.18. The third-order valence-electron chi connectivity index (χ3n) is 3.91. The minimum Gasteiger partial charge on any atom is -0.478 e. The Labute approximate surface area is 139 Å². The van der Waals surface area contributed by atoms with Gasteiger partial charge in [0.25, 0.3) is 5.69 Å². The number of carbonyl (C=O) groups is 2. The van der Waals surface area contributed by atoms with E-state index in [1.807, 2.05) is 0 Å². The second-order valence-corrected chi connectivity index (χ2v) is 5.72. The molecule has 8 heteroatoms. The van der Waals surface area contributed by atoms with E-state index in [4.69, 9.17) is 9.84 Å². The van der Waals surface area contributed by atoms with Crippen LogP contribution in [0.3, 0.4) is 0 Å². The van der Waals surface area contributed by atoms with E-state index < -0.39 is 22.5 Å². The Morgan fingerprint density at radius 3 is 2.46 bits per heavy atom. The average molecular weight is 336 g/mol. The van der Waals surface area contributed by atoms with Gasteiger partial charge in [0.1, 0.15) is 0 Å². The molecular formula is C16H20N2O6. The van der Waals surface area contributed by atoms with E-state index in [1.165, 1.54) is 19.3 Å². The number of carboxylic acids is 1. The number of piperidine rings is 1. The number of carboxylic acid groups (broad SMARTS) is 1. The van der Waals surface area contributed by atoms with Gasteiger partial charge in [0.05, 0.1) is 22.7 Å². The third-order valence-corrected chi connectivity index (χ3v) is 3.91. The fourth-order valence-corrected chi connectivity index (χ4v) is 2.68. The number of aromatic carboxylic acids is 1. The van der Waals surface area contributed by atoms with Crippen molar-refractivity contribution in [2.24, 2.45) is 0 Å². The van der Waals surface area contributed by atoms with Crippen molar-refractivity contribution in [2.75, 3.05) is 26.2 Å². The van der Waals surface area contributed by atoms with E-state index in [2.05, 4.69) is 4.90 Å². The lowest BCUT2D eigenvalue weighted by Gasteiger charge is -2.26. The topological polar surface area (TPSA) is 110 Å². The summed E-state index contributed by atoms with van der Waals surface area (Å²) < 4.78 is 5.11. The number of rotatable bonds is 7. The molecule has 0 spiro atoms. The molecule has 0 aliphatic carbocycles. The molecule has 1 heterocycles. The van der Waals surface area contributed by atoms with Crippen molar-refractivity contribution < 1.29 is 24.4 Å². The van der Waals surface area contributed by atoms with Gasteiger partial charge in [-0.1, -0.05) is 6.42 Å². The molecule has 1 aromatic rings. The summed E-state index contributed by atoms with van der Waals surface area (Å²) in [5.41, 5.74) is -0.890. The molecule has 1 fully saturated rings. The van der Waals surface area contributed by atoms with E-state index in [0.29, 0.717) is 6.42 Å². The highest BCUT2D eigenvalue weighted by Gasteiger charge is 2.18. The summed E-state index contributed by atoms with van der Waals surface area (Å²) in [6.45, 7) is 3.14. The molecule has 1 aliphatic rings. The van der Waals surface area contributed by atoms with Gasteiger partial charge in [0, 0.05) is 18.7 Å². The van der Waals surface area contributed by atoms with Gasteiger partial charge in [0.15, 0.2) is 0 Å². The SMILES string of the molecule is O=C(O)c1cc(C(=O)OCCCN2CCCCC2)cc([N+](=O)[O-])c1. The molecule has 0 radical (unpaired) electrons. The summed E-state index contributed by atoms with van der Waals surface area (Å²) in [6, 6.07) is 3.02. The van der Waals surface area contributed by atoms with Crippen LogP contribution in [0.4, 0.5) is 5.69 Å². The molecular weight excluding hydrogens is 316 g/mol. The van der Waals surface area contributed by atoms with Gasteiger partial charge in [-0.05, 0) is 38.4 Å². The van der Waals surface area contributed by atoms with E-state index in [0.717, 1.165) is 37.8 Å². The monoisotopic (exact) mass is 336 g/mol. The predicted octanol–water partition coefficient (Wildman–Crippen LogP) is 2.33. The Hall–Kier alpha value is -2.48. The number of hydrogen-bond donors (Lipinski definition) is 1. The maximum Gasteiger partial charge on any atom is 0.338 e. The minimum atomic E-state index is -1.34. The Morgan fingerprint density at radius 1 is 1.17 bits per heavy atom. The zero-order valence-electron chi connectivity index (χ0n) is 13.3. The number of benzene rings is 1. The van der Waals surface area contributed by atoms with Crippen molar-refractivity contribution >= 4 is 17.6 Å². The Morgan fingerprint density at radius 2 is 1.83 bits per heavy atom. The van der Waals surface area contributed by atoms with Crippen LogP contribution in [0.15, 0.2) is 18.2 Å². The molecule has 0 saturated carbocycles. The number of ether oxygens (including phenoxy) is 1. The maximum absolute atomic E-state index is 12.0. The second kappa shape index (κ2) is 8.39. The number of likely N-dealkylation sites (tertiary alicyclic amines) is 1. The van der Waals surface area contributed by atoms with Crippen molar-refractivity contribution in [3.63, 3.8) is 0 Å². The van der Waals surface area contributed by atoms with Crippen LogP contribution in [-0.4, -0.2) is 53.1 Å². The molecule has 1 aliphatic heterocycles. The van der Waals surface area contributed by atoms with Crippen molar-refractivity contribution in [3.8, 4) is 0 Å². The predicted molar refractivity (Wildman–Crippen MR) is 85.2 cm³/mol. The number of nitro benzene ring substituents is 1. The average Bonchev–Trinajstić information content (AvgIpc) is 2.59. The van der Waals surface area contributed by atoms with Gasteiger partial charge >= 0.3 is 11.9 Å². The molecule has 130 valence electrons. The zero-order valence-corrected chi connectivity index (χ0v) is 13.3. The van der Waals surface area contributed by atoms with Crippen LogP contribution in [0.5, 0.6) is 0 Å². The Balaban J connectivity index is 1.91. The zero-order chi connectivity index (χ0) is 17.5. The number of carbonyl (C=O) groups excluding carboxylic acids is 1. The first-order valence-corrected chi connectivity index (χ1v) is 7.89. The van der Waals surface area contributed by atoms with Crippen molar-refractivity contribution in [3.05, 3.63) is 39.4 Å². The Bertz CT molecular complexity index is 593. The van der Waals surface area contributed by atoms with Crippen LogP contribution in [-0.2, 0) is 4.74 Å². The molecule has 24 heavy (non-hydrogen) atoms. The molecule has 0 amide bonds. The van der Waals surface area contributed by atoms with Gasteiger partial charge in [-0.15, -0.1) is 0 Å². The smallest absolute Gasteiger partial charge is 0.338 e. The molecule has 0 unspecified atom stereocenters. The summed E-state index contributed by atoms with van der Waals surface area (Å²) in [6.07, 6.45) is 4.30. The van der Waals surface area contributed by atoms with Gasteiger partial charge < -0.3 is 14.7 Å². The van der Waals surface area contributed by atoms with E-state index in [1.54, 1.807) is 0 Å². The molecule has 1 saturated heterocycles. The van der Waals surface area contributed by atoms with Crippen LogP contribution in [0.1, 0.15) is 46.4 Å². The van der Waals surface area contributed by atoms with Crippen molar-refractivity contribution in [1.29, 1.82) is 0 Å².